The molecule has 0 bridgehead atoms. The molecule has 1 aromatic carbocycles. The molecular formula is C16H22BrFN2O2. The van der Waals surface area contributed by atoms with Gasteiger partial charge in [0.25, 0.3) is 0 Å². The van der Waals surface area contributed by atoms with E-state index >= 15 is 0 Å². The first-order valence-electron chi connectivity index (χ1n) is 7.61. The van der Waals surface area contributed by atoms with E-state index in [2.05, 4.69) is 20.8 Å². The predicted molar refractivity (Wildman–Crippen MR) is 87.3 cm³/mol. The molecule has 0 aliphatic carbocycles. The number of rotatable bonds is 6. The normalized spacial score (nSPS) is 17.1. The number of nitrogens with zero attached hydrogens (tertiary/aromatic N) is 2. The number of likely N-dealkylation sites (N-methyl/N-ethyl adjacent to an activating group) is 1. The Morgan fingerprint density at radius 1 is 1.45 bits per heavy atom. The summed E-state index contributed by atoms with van der Waals surface area (Å²) < 4.78 is 13.7. The summed E-state index contributed by atoms with van der Waals surface area (Å²) in [7, 11) is 0. The molecule has 0 saturated carbocycles. The van der Waals surface area contributed by atoms with Crippen LogP contribution in [0, 0.1) is 5.82 Å². The van der Waals surface area contributed by atoms with E-state index in [4.69, 9.17) is 5.11 Å². The van der Waals surface area contributed by atoms with Gasteiger partial charge < -0.3 is 5.11 Å². The van der Waals surface area contributed by atoms with Gasteiger partial charge >= 0.3 is 5.97 Å². The molecular weight excluding hydrogens is 351 g/mol. The second-order valence-corrected chi connectivity index (χ2v) is 6.57. The van der Waals surface area contributed by atoms with Crippen molar-refractivity contribution in [1.82, 2.24) is 9.80 Å². The molecule has 1 saturated heterocycles. The standard InChI is InChI=1S/C16H22BrFN2O2/c1-2-20(11-16(21)22)13-5-7-19(8-6-13)10-12-3-4-15(18)14(17)9-12/h3-4,9,13H,2,5-8,10-11H2,1H3,(H,21,22). The Balaban J connectivity index is 1.86. The molecule has 22 heavy (non-hydrogen) atoms. The van der Waals surface area contributed by atoms with Crippen LogP contribution in [-0.2, 0) is 11.3 Å². The molecule has 4 nitrogen and oxygen atoms in total. The van der Waals surface area contributed by atoms with Gasteiger partial charge in [0.2, 0.25) is 0 Å². The average Bonchev–Trinajstić information content (AvgIpc) is 2.49. The third kappa shape index (κ3) is 4.76. The van der Waals surface area contributed by atoms with E-state index in [0.29, 0.717) is 10.5 Å². The molecule has 1 aliphatic rings. The lowest BCUT2D eigenvalue weighted by molar-refractivity contribution is -0.139. The Morgan fingerprint density at radius 2 is 2.14 bits per heavy atom. The zero-order valence-corrected chi connectivity index (χ0v) is 14.4. The monoisotopic (exact) mass is 372 g/mol. The van der Waals surface area contributed by atoms with Crippen LogP contribution >= 0.6 is 15.9 Å². The Bertz CT molecular complexity index is 519. The molecule has 0 amide bonds. The number of carboxylic acids is 1. The second kappa shape index (κ2) is 8.04. The van der Waals surface area contributed by atoms with Crippen LogP contribution in [0.3, 0.4) is 0 Å². The van der Waals surface area contributed by atoms with Crippen molar-refractivity contribution in [2.45, 2.75) is 32.4 Å². The van der Waals surface area contributed by atoms with E-state index in [1.807, 2.05) is 24.0 Å². The highest BCUT2D eigenvalue weighted by Crippen LogP contribution is 2.21. The average molecular weight is 373 g/mol. The van der Waals surface area contributed by atoms with Gasteiger partial charge in [-0.1, -0.05) is 13.0 Å². The summed E-state index contributed by atoms with van der Waals surface area (Å²) in [6.45, 7) is 5.57. The smallest absolute Gasteiger partial charge is 0.317 e. The third-order valence-corrected chi connectivity index (χ3v) is 4.82. The Labute approximate surface area is 139 Å². The lowest BCUT2D eigenvalue weighted by atomic mass is 10.0. The van der Waals surface area contributed by atoms with Gasteiger partial charge in [-0.05, 0) is 66.1 Å². The number of hydrogen-bond donors (Lipinski definition) is 1. The van der Waals surface area contributed by atoms with Crippen LogP contribution in [0.15, 0.2) is 22.7 Å². The van der Waals surface area contributed by atoms with Crippen LogP contribution in [-0.4, -0.2) is 53.1 Å². The second-order valence-electron chi connectivity index (χ2n) is 5.71. The summed E-state index contributed by atoms with van der Waals surface area (Å²) in [6, 6.07) is 5.47. The van der Waals surface area contributed by atoms with Crippen LogP contribution in [0.2, 0.25) is 0 Å². The van der Waals surface area contributed by atoms with Gasteiger partial charge in [0, 0.05) is 12.6 Å². The molecule has 1 aliphatic heterocycles. The first-order valence-corrected chi connectivity index (χ1v) is 8.41. The fraction of sp³-hybridized carbons (Fsp3) is 0.562. The maximum Gasteiger partial charge on any atom is 0.317 e. The molecule has 0 unspecified atom stereocenters. The number of likely N-dealkylation sites (tertiary alicyclic amines) is 1. The summed E-state index contributed by atoms with van der Waals surface area (Å²) in [4.78, 5) is 15.3. The summed E-state index contributed by atoms with van der Waals surface area (Å²) in [5, 5.41) is 8.95. The molecule has 1 N–H and O–H groups in total. The number of benzene rings is 1. The Morgan fingerprint density at radius 3 is 2.68 bits per heavy atom. The zero-order valence-electron chi connectivity index (χ0n) is 12.8. The molecule has 2 rings (SSSR count). The fourth-order valence-corrected chi connectivity index (χ4v) is 3.44. The van der Waals surface area contributed by atoms with Gasteiger partial charge in [0.15, 0.2) is 0 Å². The van der Waals surface area contributed by atoms with Gasteiger partial charge in [0.05, 0.1) is 11.0 Å². The van der Waals surface area contributed by atoms with E-state index in [0.717, 1.165) is 44.6 Å². The van der Waals surface area contributed by atoms with Gasteiger partial charge in [-0.15, -0.1) is 0 Å². The molecule has 6 heteroatoms. The van der Waals surface area contributed by atoms with E-state index in [1.165, 1.54) is 6.07 Å². The predicted octanol–water partition coefficient (Wildman–Crippen LogP) is 2.96. The Hall–Kier alpha value is -0.980. The molecule has 1 fully saturated rings. The molecule has 1 aromatic rings. The number of halogens is 2. The number of piperidine rings is 1. The molecule has 0 radical (unpaired) electrons. The molecule has 0 atom stereocenters. The fourth-order valence-electron chi connectivity index (χ4n) is 3.01. The summed E-state index contributed by atoms with van der Waals surface area (Å²) in [5.41, 5.74) is 1.09. The lowest BCUT2D eigenvalue weighted by Gasteiger charge is -2.37. The number of carbonyl (C=O) groups is 1. The van der Waals surface area contributed by atoms with Gasteiger partial charge in [-0.2, -0.15) is 0 Å². The van der Waals surface area contributed by atoms with Crippen LogP contribution < -0.4 is 0 Å². The first-order chi connectivity index (χ1) is 10.5. The van der Waals surface area contributed by atoms with Crippen LogP contribution in [0.1, 0.15) is 25.3 Å². The number of aliphatic carboxylic acids is 1. The van der Waals surface area contributed by atoms with Crippen molar-refractivity contribution in [3.8, 4) is 0 Å². The van der Waals surface area contributed by atoms with Crippen molar-refractivity contribution >= 4 is 21.9 Å². The van der Waals surface area contributed by atoms with Gasteiger partial charge in [-0.3, -0.25) is 14.6 Å². The maximum absolute atomic E-state index is 13.2. The van der Waals surface area contributed by atoms with Crippen LogP contribution in [0.25, 0.3) is 0 Å². The summed E-state index contributed by atoms with van der Waals surface area (Å²) >= 11 is 3.22. The van der Waals surface area contributed by atoms with Crippen LogP contribution in [0.5, 0.6) is 0 Å². The SMILES string of the molecule is CCN(CC(=O)O)C1CCN(Cc2ccc(F)c(Br)c2)CC1. The molecule has 0 spiro atoms. The van der Waals surface area contributed by atoms with E-state index < -0.39 is 5.97 Å². The van der Waals surface area contributed by atoms with Crippen molar-refractivity contribution in [3.05, 3.63) is 34.1 Å². The highest BCUT2D eigenvalue weighted by atomic mass is 79.9. The minimum atomic E-state index is -0.763. The highest BCUT2D eigenvalue weighted by Gasteiger charge is 2.25. The topological polar surface area (TPSA) is 43.8 Å². The van der Waals surface area contributed by atoms with Gasteiger partial charge in [0.1, 0.15) is 5.82 Å². The third-order valence-electron chi connectivity index (χ3n) is 4.21. The zero-order chi connectivity index (χ0) is 16.1. The van der Waals surface area contributed by atoms with E-state index in [9.17, 15) is 9.18 Å². The first kappa shape index (κ1) is 17.4. The molecule has 1 heterocycles. The van der Waals surface area contributed by atoms with Crippen LogP contribution in [0.4, 0.5) is 4.39 Å². The van der Waals surface area contributed by atoms with E-state index in [-0.39, 0.29) is 12.4 Å². The molecule has 122 valence electrons. The number of carboxylic acid groups (broad SMARTS) is 1. The minimum absolute atomic E-state index is 0.117. The summed E-state index contributed by atoms with van der Waals surface area (Å²) in [6.07, 6.45) is 1.95. The largest absolute Gasteiger partial charge is 0.480 e. The highest BCUT2D eigenvalue weighted by molar-refractivity contribution is 9.10. The quantitative estimate of drug-likeness (QED) is 0.833. The van der Waals surface area contributed by atoms with E-state index in [1.54, 1.807) is 0 Å². The lowest BCUT2D eigenvalue weighted by Crippen LogP contribution is -2.46. The van der Waals surface area contributed by atoms with Crippen molar-refractivity contribution in [2.24, 2.45) is 0 Å². The maximum atomic E-state index is 13.2. The van der Waals surface area contributed by atoms with Crippen molar-refractivity contribution in [3.63, 3.8) is 0 Å². The van der Waals surface area contributed by atoms with Crippen molar-refractivity contribution in [2.75, 3.05) is 26.2 Å². The van der Waals surface area contributed by atoms with Crippen molar-refractivity contribution < 1.29 is 14.3 Å². The summed E-state index contributed by atoms with van der Waals surface area (Å²) in [5.74, 6) is -1.00. The van der Waals surface area contributed by atoms with Crippen molar-refractivity contribution in [1.29, 1.82) is 0 Å². The van der Waals surface area contributed by atoms with Gasteiger partial charge in [-0.25, -0.2) is 4.39 Å². The minimum Gasteiger partial charge on any atom is -0.480 e. The molecule has 0 aromatic heterocycles. The Kier molecular flexibility index (Phi) is 6.35. The number of hydrogen-bond acceptors (Lipinski definition) is 3.